The molecule has 1 aliphatic rings. The van der Waals surface area contributed by atoms with E-state index < -0.39 is 4.92 Å². The van der Waals surface area contributed by atoms with Crippen molar-refractivity contribution in [3.05, 3.63) is 64.6 Å². The first-order chi connectivity index (χ1) is 13.1. The van der Waals surface area contributed by atoms with E-state index in [4.69, 9.17) is 4.42 Å². The minimum absolute atomic E-state index is 0.0651. The molecule has 0 radical (unpaired) electrons. The zero-order valence-corrected chi connectivity index (χ0v) is 14.1. The number of aromatic nitrogens is 4. The second-order valence-corrected chi connectivity index (χ2v) is 6.06. The first-order valence-electron chi connectivity index (χ1n) is 8.26. The molecule has 0 atom stereocenters. The van der Waals surface area contributed by atoms with Crippen LogP contribution in [0.5, 0.6) is 0 Å². The lowest BCUT2D eigenvalue weighted by Crippen LogP contribution is -2.33. The quantitative estimate of drug-likeness (QED) is 0.480. The number of hydrogen-bond donors (Lipinski definition) is 0. The molecule has 1 saturated carbocycles. The van der Waals surface area contributed by atoms with Crippen molar-refractivity contribution < 1.29 is 14.1 Å². The van der Waals surface area contributed by atoms with Crippen LogP contribution in [0.25, 0.3) is 11.5 Å². The van der Waals surface area contributed by atoms with Gasteiger partial charge >= 0.3 is 0 Å². The van der Waals surface area contributed by atoms with E-state index in [1.54, 1.807) is 17.0 Å². The Balaban J connectivity index is 1.55. The Labute approximate surface area is 153 Å². The third-order valence-electron chi connectivity index (χ3n) is 4.11. The highest BCUT2D eigenvalue weighted by molar-refractivity contribution is 5.92. The molecule has 0 bridgehead atoms. The molecule has 10 heteroatoms. The number of amides is 1. The van der Waals surface area contributed by atoms with E-state index in [2.05, 4.69) is 20.2 Å². The minimum atomic E-state index is -0.491. The second kappa shape index (κ2) is 6.90. The number of non-ortho nitro benzene ring substituents is 1. The standard InChI is InChI=1S/C17H14N6O4/c24-17(14-9-18-6-7-19-14)22(12-4-5-12)10-15-20-21-16(27-15)11-2-1-3-13(8-11)23(25)26/h1-3,6-9,12H,4-5,10H2. The molecule has 10 nitrogen and oxygen atoms in total. The summed E-state index contributed by atoms with van der Waals surface area (Å²) in [6.07, 6.45) is 6.18. The van der Waals surface area contributed by atoms with Gasteiger partial charge in [0.1, 0.15) is 5.69 Å². The molecular weight excluding hydrogens is 352 g/mol. The molecule has 0 spiro atoms. The second-order valence-electron chi connectivity index (χ2n) is 6.06. The maximum Gasteiger partial charge on any atom is 0.274 e. The minimum Gasteiger partial charge on any atom is -0.419 e. The van der Waals surface area contributed by atoms with Crippen LogP contribution in [0.4, 0.5) is 5.69 Å². The Bertz CT molecular complexity index is 986. The number of nitro benzene ring substituents is 1. The van der Waals surface area contributed by atoms with Crippen LogP contribution in [0.2, 0.25) is 0 Å². The van der Waals surface area contributed by atoms with Crippen molar-refractivity contribution in [3.8, 4) is 11.5 Å². The smallest absolute Gasteiger partial charge is 0.274 e. The van der Waals surface area contributed by atoms with Gasteiger partial charge in [0.05, 0.1) is 17.7 Å². The number of hydrogen-bond acceptors (Lipinski definition) is 8. The van der Waals surface area contributed by atoms with Crippen molar-refractivity contribution >= 4 is 11.6 Å². The lowest BCUT2D eigenvalue weighted by molar-refractivity contribution is -0.384. The van der Waals surface area contributed by atoms with Crippen LogP contribution < -0.4 is 0 Å². The normalized spacial score (nSPS) is 13.3. The van der Waals surface area contributed by atoms with Gasteiger partial charge in [0.25, 0.3) is 11.6 Å². The summed E-state index contributed by atoms with van der Waals surface area (Å²) >= 11 is 0. The zero-order valence-electron chi connectivity index (χ0n) is 14.1. The van der Waals surface area contributed by atoms with E-state index in [0.29, 0.717) is 5.56 Å². The summed E-state index contributed by atoms with van der Waals surface area (Å²) in [6, 6.07) is 6.04. The Morgan fingerprint density at radius 3 is 2.85 bits per heavy atom. The van der Waals surface area contributed by atoms with Crippen molar-refractivity contribution in [2.45, 2.75) is 25.4 Å². The fourth-order valence-electron chi connectivity index (χ4n) is 2.64. The van der Waals surface area contributed by atoms with Crippen LogP contribution in [0.1, 0.15) is 29.2 Å². The summed E-state index contributed by atoms with van der Waals surface area (Å²) in [7, 11) is 0. The topological polar surface area (TPSA) is 128 Å². The van der Waals surface area contributed by atoms with Crippen LogP contribution in [0.15, 0.2) is 47.3 Å². The molecule has 0 saturated heterocycles. The summed E-state index contributed by atoms with van der Waals surface area (Å²) in [5.74, 6) is 0.165. The number of carbonyl (C=O) groups excluding carboxylic acids is 1. The van der Waals surface area contributed by atoms with Crippen molar-refractivity contribution in [1.82, 2.24) is 25.1 Å². The predicted octanol–water partition coefficient (Wildman–Crippen LogP) is 2.24. The Hall–Kier alpha value is -3.69. The summed E-state index contributed by atoms with van der Waals surface area (Å²) in [6.45, 7) is 0.141. The maximum atomic E-state index is 12.7. The lowest BCUT2D eigenvalue weighted by atomic mass is 10.2. The van der Waals surface area contributed by atoms with E-state index >= 15 is 0 Å². The van der Waals surface area contributed by atoms with E-state index in [1.165, 1.54) is 30.7 Å². The lowest BCUT2D eigenvalue weighted by Gasteiger charge is -2.19. The van der Waals surface area contributed by atoms with Crippen LogP contribution in [0, 0.1) is 10.1 Å². The molecule has 0 unspecified atom stereocenters. The molecule has 136 valence electrons. The van der Waals surface area contributed by atoms with Crippen molar-refractivity contribution in [3.63, 3.8) is 0 Å². The molecule has 1 aromatic carbocycles. The van der Waals surface area contributed by atoms with Gasteiger partial charge in [0, 0.05) is 36.1 Å². The summed E-state index contributed by atoms with van der Waals surface area (Å²) in [5, 5.41) is 18.8. The van der Waals surface area contributed by atoms with Crippen molar-refractivity contribution in [2.75, 3.05) is 0 Å². The van der Waals surface area contributed by atoms with Crippen LogP contribution >= 0.6 is 0 Å². The van der Waals surface area contributed by atoms with Gasteiger partial charge in [-0.05, 0) is 18.9 Å². The molecule has 2 heterocycles. The summed E-state index contributed by atoms with van der Waals surface area (Å²) < 4.78 is 5.62. The van der Waals surface area contributed by atoms with Crippen molar-refractivity contribution in [1.29, 1.82) is 0 Å². The molecule has 1 amide bonds. The van der Waals surface area contributed by atoms with E-state index in [1.807, 2.05) is 0 Å². The fraction of sp³-hybridized carbons (Fsp3) is 0.235. The first-order valence-corrected chi connectivity index (χ1v) is 8.26. The molecule has 3 aromatic rings. The van der Waals surface area contributed by atoms with Gasteiger partial charge in [-0.3, -0.25) is 19.9 Å². The third kappa shape index (κ3) is 3.64. The number of carbonyl (C=O) groups is 1. The van der Waals surface area contributed by atoms with Gasteiger partial charge in [-0.1, -0.05) is 6.07 Å². The van der Waals surface area contributed by atoms with Gasteiger partial charge in [-0.2, -0.15) is 0 Å². The van der Waals surface area contributed by atoms with Crippen LogP contribution in [-0.2, 0) is 6.54 Å². The highest BCUT2D eigenvalue weighted by Crippen LogP contribution is 2.30. The average molecular weight is 366 g/mol. The molecule has 2 aromatic heterocycles. The fourth-order valence-corrected chi connectivity index (χ4v) is 2.64. The summed E-state index contributed by atoms with van der Waals surface area (Å²) in [5.41, 5.74) is 0.633. The van der Waals surface area contributed by atoms with Crippen LogP contribution in [0.3, 0.4) is 0 Å². The van der Waals surface area contributed by atoms with Crippen LogP contribution in [-0.4, -0.2) is 41.9 Å². The number of nitrogens with zero attached hydrogens (tertiary/aromatic N) is 6. The van der Waals surface area contributed by atoms with Gasteiger partial charge in [-0.25, -0.2) is 4.98 Å². The largest absolute Gasteiger partial charge is 0.419 e. The molecule has 1 aliphatic carbocycles. The Morgan fingerprint density at radius 2 is 2.15 bits per heavy atom. The van der Waals surface area contributed by atoms with Gasteiger partial charge in [0.2, 0.25) is 11.8 Å². The monoisotopic (exact) mass is 366 g/mol. The Kier molecular flexibility index (Phi) is 4.29. The van der Waals surface area contributed by atoms with Gasteiger partial charge in [0.15, 0.2) is 0 Å². The van der Waals surface area contributed by atoms with Crippen molar-refractivity contribution in [2.24, 2.45) is 0 Å². The van der Waals surface area contributed by atoms with Gasteiger partial charge < -0.3 is 9.32 Å². The Morgan fingerprint density at radius 1 is 1.30 bits per heavy atom. The highest BCUT2D eigenvalue weighted by atomic mass is 16.6. The third-order valence-corrected chi connectivity index (χ3v) is 4.11. The van der Waals surface area contributed by atoms with Gasteiger partial charge in [-0.15, -0.1) is 10.2 Å². The number of nitro groups is 1. The van der Waals surface area contributed by atoms with E-state index in [9.17, 15) is 14.9 Å². The first kappa shape index (κ1) is 16.8. The highest BCUT2D eigenvalue weighted by Gasteiger charge is 2.35. The molecule has 0 aliphatic heterocycles. The SMILES string of the molecule is O=C(c1cnccn1)N(Cc1nnc(-c2cccc([N+](=O)[O-])c2)o1)C1CC1. The average Bonchev–Trinajstić information content (AvgIpc) is 3.44. The number of benzene rings is 1. The molecule has 1 fully saturated rings. The number of rotatable bonds is 6. The van der Waals surface area contributed by atoms with E-state index in [-0.39, 0.29) is 41.7 Å². The zero-order chi connectivity index (χ0) is 18.8. The molecule has 0 N–H and O–H groups in total. The molecule has 27 heavy (non-hydrogen) atoms. The maximum absolute atomic E-state index is 12.7. The summed E-state index contributed by atoms with van der Waals surface area (Å²) in [4.78, 5) is 32.7. The van der Waals surface area contributed by atoms with E-state index in [0.717, 1.165) is 12.8 Å². The molecule has 4 rings (SSSR count). The predicted molar refractivity (Wildman–Crippen MR) is 91.3 cm³/mol. The molecular formula is C17H14N6O4.